The second-order valence-corrected chi connectivity index (χ2v) is 11.4. The zero-order valence-electron chi connectivity index (χ0n) is 11.6. The summed E-state index contributed by atoms with van der Waals surface area (Å²) in [6.07, 6.45) is 2.04. The molecule has 0 amide bonds. The van der Waals surface area contributed by atoms with Gasteiger partial charge in [0.1, 0.15) is 4.34 Å². The van der Waals surface area contributed by atoms with Gasteiger partial charge in [-0.2, -0.15) is 10.0 Å². The lowest BCUT2D eigenvalue weighted by Crippen LogP contribution is -2.28. The maximum atomic E-state index is 4.71. The Kier molecular flexibility index (Phi) is 4.47. The second-order valence-electron chi connectivity index (χ2n) is 5.14. The quantitative estimate of drug-likeness (QED) is 0.754. The number of hydrogen-bond donors (Lipinski definition) is 0. The van der Waals surface area contributed by atoms with Crippen molar-refractivity contribution in [1.29, 1.82) is 0 Å². The first-order valence-corrected chi connectivity index (χ1v) is 8.69. The maximum Gasteiger partial charge on any atom is 0.133 e. The minimum atomic E-state index is -0.797. The Bertz CT molecular complexity index is 318. The largest absolute Gasteiger partial charge is 0.239 e. The molecule has 3 heteroatoms. The van der Waals surface area contributed by atoms with Crippen molar-refractivity contribution in [3.05, 3.63) is 11.1 Å². The lowest BCUT2D eigenvalue weighted by Gasteiger charge is -2.49. The molecule has 0 fully saturated rings. The van der Waals surface area contributed by atoms with Gasteiger partial charge < -0.3 is 0 Å². The fourth-order valence-corrected chi connectivity index (χ4v) is 10.6. The second kappa shape index (κ2) is 5.09. The summed E-state index contributed by atoms with van der Waals surface area (Å²) in [4.78, 5) is 6.05. The summed E-state index contributed by atoms with van der Waals surface area (Å²) in [5.74, 6) is 0. The van der Waals surface area contributed by atoms with Crippen molar-refractivity contribution in [2.75, 3.05) is 0 Å². The van der Waals surface area contributed by atoms with E-state index in [9.17, 15) is 0 Å². The van der Waals surface area contributed by atoms with Crippen molar-refractivity contribution in [2.45, 2.75) is 68.6 Å². The van der Waals surface area contributed by atoms with Gasteiger partial charge in [0.25, 0.3) is 0 Å². The third-order valence-corrected chi connectivity index (χ3v) is 10.5. The van der Waals surface area contributed by atoms with E-state index in [0.717, 1.165) is 0 Å². The SMILES string of the molecule is Cc1cnc(S(C(C)C)(C(C)C)C(C)C)s1. The average Bonchev–Trinajstić information content (AvgIpc) is 2.50. The van der Waals surface area contributed by atoms with Gasteiger partial charge in [-0.25, -0.2) is 4.98 Å². The van der Waals surface area contributed by atoms with Gasteiger partial charge in [0.15, 0.2) is 0 Å². The Balaban J connectivity index is 3.33. The third-order valence-electron chi connectivity index (χ3n) is 3.24. The maximum absolute atomic E-state index is 4.71. The van der Waals surface area contributed by atoms with Crippen LogP contribution in [0.4, 0.5) is 0 Å². The Morgan fingerprint density at radius 2 is 1.44 bits per heavy atom. The minimum Gasteiger partial charge on any atom is -0.239 e. The molecule has 0 atom stereocenters. The van der Waals surface area contributed by atoms with Crippen LogP contribution in [0.2, 0.25) is 0 Å². The fraction of sp³-hybridized carbons (Fsp3) is 0.769. The van der Waals surface area contributed by atoms with Gasteiger partial charge >= 0.3 is 0 Å². The number of aryl methyl sites for hydroxylation is 1. The van der Waals surface area contributed by atoms with Crippen LogP contribution in [0.5, 0.6) is 0 Å². The van der Waals surface area contributed by atoms with Crippen molar-refractivity contribution < 1.29 is 0 Å². The molecule has 0 aliphatic heterocycles. The van der Waals surface area contributed by atoms with Crippen molar-refractivity contribution in [3.63, 3.8) is 0 Å². The number of thiazole rings is 1. The molecule has 0 spiro atoms. The number of rotatable bonds is 4. The predicted octanol–water partition coefficient (Wildman–Crippen LogP) is 4.84. The third kappa shape index (κ3) is 2.17. The van der Waals surface area contributed by atoms with Crippen molar-refractivity contribution in [3.8, 4) is 0 Å². The number of nitrogens with zero attached hydrogens (tertiary/aromatic N) is 1. The standard InChI is InChI=1S/C13H25NS2/c1-9(2)16(10(3)4,11(5)6)13-14-8-12(7)15-13/h8-11H,1-7H3. The molecule has 0 unspecified atom stereocenters. The fourth-order valence-electron chi connectivity index (χ4n) is 2.74. The molecule has 94 valence electrons. The summed E-state index contributed by atoms with van der Waals surface area (Å²) in [5.41, 5.74) is 0. The van der Waals surface area contributed by atoms with E-state index in [2.05, 4.69) is 48.5 Å². The normalized spacial score (nSPS) is 14.1. The van der Waals surface area contributed by atoms with Crippen LogP contribution < -0.4 is 0 Å². The van der Waals surface area contributed by atoms with E-state index < -0.39 is 10.0 Å². The highest BCUT2D eigenvalue weighted by molar-refractivity contribution is 8.36. The van der Waals surface area contributed by atoms with Crippen LogP contribution in [0.25, 0.3) is 0 Å². The molecule has 0 saturated heterocycles. The molecule has 0 saturated carbocycles. The molecule has 0 aliphatic rings. The van der Waals surface area contributed by atoms with Gasteiger partial charge in [-0.3, -0.25) is 0 Å². The Hall–Kier alpha value is -0.0200. The van der Waals surface area contributed by atoms with Crippen LogP contribution in [0, 0.1) is 6.92 Å². The smallest absolute Gasteiger partial charge is 0.133 e. The van der Waals surface area contributed by atoms with Gasteiger partial charge in [-0.05, 0) is 22.7 Å². The molecular weight excluding hydrogens is 234 g/mol. The van der Waals surface area contributed by atoms with Crippen LogP contribution in [0.1, 0.15) is 46.4 Å². The molecule has 1 rings (SSSR count). The summed E-state index contributed by atoms with van der Waals surface area (Å²) in [6.45, 7) is 16.4. The summed E-state index contributed by atoms with van der Waals surface area (Å²) < 4.78 is 1.41. The first kappa shape index (κ1) is 14.0. The molecule has 0 radical (unpaired) electrons. The van der Waals surface area contributed by atoms with Gasteiger partial charge in [0.2, 0.25) is 0 Å². The number of hydrogen-bond acceptors (Lipinski definition) is 2. The van der Waals surface area contributed by atoms with Gasteiger partial charge in [-0.15, -0.1) is 11.3 Å². The molecule has 0 bridgehead atoms. The van der Waals surface area contributed by atoms with E-state index >= 15 is 0 Å². The highest BCUT2D eigenvalue weighted by atomic mass is 32.3. The molecule has 0 N–H and O–H groups in total. The summed E-state index contributed by atoms with van der Waals surface area (Å²) >= 11 is 1.91. The minimum absolute atomic E-state index is 0.707. The van der Waals surface area contributed by atoms with E-state index in [1.165, 1.54) is 9.22 Å². The Labute approximate surface area is 106 Å². The van der Waals surface area contributed by atoms with Gasteiger partial charge in [0.05, 0.1) is 0 Å². The predicted molar refractivity (Wildman–Crippen MR) is 78.1 cm³/mol. The van der Waals surface area contributed by atoms with E-state index in [1.54, 1.807) is 0 Å². The van der Waals surface area contributed by atoms with Crippen molar-refractivity contribution >= 4 is 21.4 Å². The summed E-state index contributed by atoms with van der Waals surface area (Å²) in [6, 6.07) is 0. The van der Waals surface area contributed by atoms with Crippen molar-refractivity contribution in [1.82, 2.24) is 4.98 Å². The Morgan fingerprint density at radius 1 is 1.00 bits per heavy atom. The summed E-state index contributed by atoms with van der Waals surface area (Å²) in [7, 11) is -0.797. The molecule has 0 aromatic carbocycles. The Morgan fingerprint density at radius 3 is 1.69 bits per heavy atom. The van der Waals surface area contributed by atoms with Crippen LogP contribution >= 0.6 is 21.4 Å². The highest BCUT2D eigenvalue weighted by Crippen LogP contribution is 2.67. The molecule has 1 aromatic rings. The molecule has 1 heterocycles. The van der Waals surface area contributed by atoms with E-state index in [4.69, 9.17) is 4.98 Å². The van der Waals surface area contributed by atoms with Crippen LogP contribution in [0.15, 0.2) is 10.5 Å². The van der Waals surface area contributed by atoms with E-state index in [0.29, 0.717) is 15.7 Å². The molecule has 16 heavy (non-hydrogen) atoms. The zero-order chi connectivity index (χ0) is 12.5. The molecular formula is C13H25NS2. The lowest BCUT2D eigenvalue weighted by atomic mass is 10.5. The van der Waals surface area contributed by atoms with Gasteiger partial charge in [-0.1, -0.05) is 41.5 Å². The van der Waals surface area contributed by atoms with Crippen LogP contribution in [0.3, 0.4) is 0 Å². The molecule has 1 aromatic heterocycles. The van der Waals surface area contributed by atoms with Gasteiger partial charge in [0, 0.05) is 11.1 Å². The van der Waals surface area contributed by atoms with Crippen LogP contribution in [-0.4, -0.2) is 20.7 Å². The first-order valence-electron chi connectivity index (χ1n) is 6.05. The topological polar surface area (TPSA) is 12.9 Å². The average molecular weight is 259 g/mol. The highest BCUT2D eigenvalue weighted by Gasteiger charge is 2.38. The van der Waals surface area contributed by atoms with E-state index in [1.807, 2.05) is 17.5 Å². The first-order chi connectivity index (χ1) is 7.33. The number of aromatic nitrogens is 1. The van der Waals surface area contributed by atoms with E-state index in [-0.39, 0.29) is 0 Å². The molecule has 0 aliphatic carbocycles. The zero-order valence-corrected chi connectivity index (χ0v) is 13.2. The van der Waals surface area contributed by atoms with Crippen molar-refractivity contribution in [2.24, 2.45) is 0 Å². The monoisotopic (exact) mass is 259 g/mol. The van der Waals surface area contributed by atoms with Crippen LogP contribution in [-0.2, 0) is 0 Å². The summed E-state index contributed by atoms with van der Waals surface area (Å²) in [5, 5.41) is 2.12. The lowest BCUT2D eigenvalue weighted by molar-refractivity contribution is 0.929. The molecule has 1 nitrogen and oxygen atoms in total.